The van der Waals surface area contributed by atoms with Gasteiger partial charge < -0.3 is 10.1 Å². The number of phenols is 1. The van der Waals surface area contributed by atoms with Crippen molar-refractivity contribution < 1.29 is 9.50 Å². The van der Waals surface area contributed by atoms with E-state index < -0.39 is 5.82 Å². The van der Waals surface area contributed by atoms with Crippen molar-refractivity contribution in [2.75, 3.05) is 0 Å². The molecule has 2 aromatic rings. The van der Waals surface area contributed by atoms with Gasteiger partial charge in [-0.15, -0.1) is 0 Å². The molecular formula is C8H5FINO. The molecule has 0 aliphatic carbocycles. The molecule has 0 amide bonds. The third-order valence-corrected chi connectivity index (χ3v) is 2.58. The second-order valence-electron chi connectivity index (χ2n) is 2.48. The molecule has 0 aliphatic rings. The van der Waals surface area contributed by atoms with Crippen LogP contribution in [-0.2, 0) is 0 Å². The molecule has 0 saturated carbocycles. The monoisotopic (exact) mass is 277 g/mol. The molecule has 12 heavy (non-hydrogen) atoms. The average molecular weight is 277 g/mol. The predicted molar refractivity (Wildman–Crippen MR) is 52.6 cm³/mol. The highest BCUT2D eigenvalue weighted by Gasteiger charge is 2.06. The lowest BCUT2D eigenvalue weighted by Crippen LogP contribution is -1.76. The average Bonchev–Trinajstić information content (AvgIpc) is 2.33. The van der Waals surface area contributed by atoms with Gasteiger partial charge in [-0.05, 0) is 28.7 Å². The van der Waals surface area contributed by atoms with Gasteiger partial charge in [-0.25, -0.2) is 4.39 Å². The normalized spacial score (nSPS) is 10.8. The topological polar surface area (TPSA) is 36.0 Å². The number of aromatic nitrogens is 1. The molecule has 0 aliphatic heterocycles. The fourth-order valence-electron chi connectivity index (χ4n) is 1.15. The Morgan fingerprint density at radius 3 is 2.92 bits per heavy atom. The molecule has 1 heterocycles. The van der Waals surface area contributed by atoms with Crippen molar-refractivity contribution in [2.24, 2.45) is 0 Å². The zero-order valence-electron chi connectivity index (χ0n) is 5.94. The second-order valence-corrected chi connectivity index (χ2v) is 3.65. The minimum absolute atomic E-state index is 0.0482. The maximum absolute atomic E-state index is 12.8. The summed E-state index contributed by atoms with van der Waals surface area (Å²) in [7, 11) is 0. The van der Waals surface area contributed by atoms with E-state index in [1.807, 2.05) is 0 Å². The molecule has 62 valence electrons. The Kier molecular flexibility index (Phi) is 1.71. The van der Waals surface area contributed by atoms with Gasteiger partial charge in [-0.1, -0.05) is 0 Å². The van der Waals surface area contributed by atoms with Gasteiger partial charge in [-0.3, -0.25) is 0 Å². The summed E-state index contributed by atoms with van der Waals surface area (Å²) in [6, 6.07) is 2.49. The van der Waals surface area contributed by atoms with Gasteiger partial charge in [0.05, 0.1) is 5.52 Å². The van der Waals surface area contributed by atoms with Gasteiger partial charge in [0.1, 0.15) is 11.6 Å². The first-order valence-corrected chi connectivity index (χ1v) is 4.41. The fraction of sp³-hybridized carbons (Fsp3) is 0. The summed E-state index contributed by atoms with van der Waals surface area (Å²) in [4.78, 5) is 2.86. The van der Waals surface area contributed by atoms with E-state index >= 15 is 0 Å². The van der Waals surface area contributed by atoms with Gasteiger partial charge in [-0.2, -0.15) is 0 Å². The van der Waals surface area contributed by atoms with E-state index in [2.05, 4.69) is 27.6 Å². The van der Waals surface area contributed by atoms with E-state index in [1.165, 1.54) is 6.07 Å². The van der Waals surface area contributed by atoms with Gasteiger partial charge in [0, 0.05) is 21.2 Å². The molecule has 2 N–H and O–H groups in total. The van der Waals surface area contributed by atoms with Gasteiger partial charge >= 0.3 is 0 Å². The van der Waals surface area contributed by atoms with Crippen LogP contribution in [0.4, 0.5) is 4.39 Å². The van der Waals surface area contributed by atoms with Crippen LogP contribution in [-0.4, -0.2) is 10.1 Å². The Bertz CT molecular complexity index is 438. The number of halogens is 2. The highest BCUT2D eigenvalue weighted by Crippen LogP contribution is 2.28. The van der Waals surface area contributed by atoms with Crippen molar-refractivity contribution >= 4 is 33.5 Å². The van der Waals surface area contributed by atoms with Crippen LogP contribution >= 0.6 is 22.6 Å². The molecule has 1 aromatic carbocycles. The Morgan fingerprint density at radius 1 is 1.42 bits per heavy atom. The summed E-state index contributed by atoms with van der Waals surface area (Å²) < 4.78 is 13.7. The number of fused-ring (bicyclic) bond motifs is 1. The van der Waals surface area contributed by atoms with Crippen molar-refractivity contribution in [1.82, 2.24) is 4.98 Å². The maximum atomic E-state index is 12.8. The summed E-state index contributed by atoms with van der Waals surface area (Å²) in [6.07, 6.45) is 1.73. The molecular weight excluding hydrogens is 272 g/mol. The highest BCUT2D eigenvalue weighted by atomic mass is 127. The Balaban J connectivity index is 2.92. The van der Waals surface area contributed by atoms with Crippen LogP contribution in [0.25, 0.3) is 10.9 Å². The Labute approximate surface area is 81.5 Å². The number of phenolic OH excluding ortho intramolecular Hbond substituents is 1. The van der Waals surface area contributed by atoms with E-state index in [1.54, 1.807) is 6.20 Å². The van der Waals surface area contributed by atoms with Crippen molar-refractivity contribution in [3.8, 4) is 5.75 Å². The minimum Gasteiger partial charge on any atom is -0.506 e. The predicted octanol–water partition coefficient (Wildman–Crippen LogP) is 2.62. The molecule has 0 spiro atoms. The van der Waals surface area contributed by atoms with E-state index in [4.69, 9.17) is 0 Å². The van der Waals surface area contributed by atoms with Gasteiger partial charge in [0.15, 0.2) is 0 Å². The zero-order valence-corrected chi connectivity index (χ0v) is 8.09. The number of hydrogen-bond acceptors (Lipinski definition) is 1. The molecule has 1 aromatic heterocycles. The van der Waals surface area contributed by atoms with Gasteiger partial charge in [0.25, 0.3) is 0 Å². The van der Waals surface area contributed by atoms with Crippen molar-refractivity contribution in [3.63, 3.8) is 0 Å². The highest BCUT2D eigenvalue weighted by molar-refractivity contribution is 14.1. The molecule has 2 rings (SSSR count). The lowest BCUT2D eigenvalue weighted by Gasteiger charge is -1.95. The number of benzene rings is 1. The molecule has 4 heteroatoms. The van der Waals surface area contributed by atoms with Crippen molar-refractivity contribution in [1.29, 1.82) is 0 Å². The molecule has 0 saturated heterocycles. The summed E-state index contributed by atoms with van der Waals surface area (Å²) in [5, 5.41) is 10.0. The van der Waals surface area contributed by atoms with Crippen LogP contribution in [0.3, 0.4) is 0 Å². The van der Waals surface area contributed by atoms with E-state index in [-0.39, 0.29) is 5.75 Å². The number of rotatable bonds is 0. The molecule has 0 atom stereocenters. The number of nitrogens with one attached hydrogen (secondary N) is 1. The molecule has 2 nitrogen and oxygen atoms in total. The molecule has 0 bridgehead atoms. The zero-order chi connectivity index (χ0) is 8.72. The largest absolute Gasteiger partial charge is 0.506 e. The van der Waals surface area contributed by atoms with Gasteiger partial charge in [0.2, 0.25) is 0 Å². The van der Waals surface area contributed by atoms with Crippen LogP contribution in [0.2, 0.25) is 0 Å². The summed E-state index contributed by atoms with van der Waals surface area (Å²) in [5.74, 6) is -0.467. The lowest BCUT2D eigenvalue weighted by atomic mass is 10.2. The quantitative estimate of drug-likeness (QED) is 0.713. The standard InChI is InChI=1S/C8H5FINO/c9-4-1-5-6(10)3-11-8(5)7(12)2-4/h1-3,11-12H. The first kappa shape index (κ1) is 7.85. The Hall–Kier alpha value is -0.780. The number of aromatic amines is 1. The Morgan fingerprint density at radius 2 is 2.17 bits per heavy atom. The van der Waals surface area contributed by atoms with E-state index in [9.17, 15) is 9.50 Å². The summed E-state index contributed by atoms with van der Waals surface area (Å²) in [6.45, 7) is 0. The number of H-pyrrole nitrogens is 1. The lowest BCUT2D eigenvalue weighted by molar-refractivity contribution is 0.474. The SMILES string of the molecule is Oc1cc(F)cc2c(I)c[nH]c12. The third kappa shape index (κ3) is 1.06. The van der Waals surface area contributed by atoms with Crippen LogP contribution in [0.5, 0.6) is 5.75 Å². The molecule has 0 unspecified atom stereocenters. The summed E-state index contributed by atoms with van der Waals surface area (Å²) >= 11 is 2.08. The molecule has 0 fully saturated rings. The van der Waals surface area contributed by atoms with E-state index in [0.717, 1.165) is 9.64 Å². The molecule has 0 radical (unpaired) electrons. The van der Waals surface area contributed by atoms with Crippen molar-refractivity contribution in [3.05, 3.63) is 27.7 Å². The van der Waals surface area contributed by atoms with Crippen molar-refractivity contribution in [2.45, 2.75) is 0 Å². The van der Waals surface area contributed by atoms with Crippen LogP contribution < -0.4 is 0 Å². The summed E-state index contributed by atoms with van der Waals surface area (Å²) in [5.41, 5.74) is 0.584. The third-order valence-electron chi connectivity index (χ3n) is 1.68. The first-order valence-electron chi connectivity index (χ1n) is 3.33. The maximum Gasteiger partial charge on any atom is 0.142 e. The number of hydrogen-bond donors (Lipinski definition) is 2. The smallest absolute Gasteiger partial charge is 0.142 e. The van der Waals surface area contributed by atoms with Crippen LogP contribution in [0.1, 0.15) is 0 Å². The van der Waals surface area contributed by atoms with E-state index in [0.29, 0.717) is 10.9 Å². The fourth-order valence-corrected chi connectivity index (χ4v) is 1.73. The van der Waals surface area contributed by atoms with Crippen LogP contribution in [0.15, 0.2) is 18.3 Å². The first-order chi connectivity index (χ1) is 5.68. The van der Waals surface area contributed by atoms with Crippen LogP contribution in [0, 0.1) is 9.39 Å². The second kappa shape index (κ2) is 2.62. The number of aromatic hydroxyl groups is 1. The minimum atomic E-state index is -0.419.